The molecule has 0 spiro atoms. The number of ether oxygens (including phenoxy) is 3. The molecule has 4 rings (SSSR count). The van der Waals surface area contributed by atoms with Crippen molar-refractivity contribution < 1.29 is 23.8 Å². The van der Waals surface area contributed by atoms with Crippen LogP contribution < -0.4 is 19.6 Å². The second kappa shape index (κ2) is 9.80. The van der Waals surface area contributed by atoms with Crippen molar-refractivity contribution in [1.29, 1.82) is 0 Å². The SMILES string of the molecule is COc1ccc(C(=O)c2cn(CC(=O)c3cc(OC)ccc3OC)c3nc(C)ccc3c2=O)cc1. The van der Waals surface area contributed by atoms with Gasteiger partial charge in [-0.15, -0.1) is 0 Å². The van der Waals surface area contributed by atoms with Crippen molar-refractivity contribution in [3.05, 3.63) is 93.4 Å². The normalized spacial score (nSPS) is 10.7. The number of carbonyl (C=O) groups is 2. The highest BCUT2D eigenvalue weighted by atomic mass is 16.5. The Bertz CT molecular complexity index is 1490. The average Bonchev–Trinajstić information content (AvgIpc) is 2.89. The van der Waals surface area contributed by atoms with Gasteiger partial charge in [0.15, 0.2) is 11.6 Å². The third kappa shape index (κ3) is 4.63. The van der Waals surface area contributed by atoms with E-state index >= 15 is 0 Å². The number of ketones is 2. The molecule has 0 aliphatic heterocycles. The predicted octanol–water partition coefficient (Wildman–Crippen LogP) is 3.84. The van der Waals surface area contributed by atoms with Gasteiger partial charge in [-0.05, 0) is 61.5 Å². The highest BCUT2D eigenvalue weighted by Crippen LogP contribution is 2.25. The minimum Gasteiger partial charge on any atom is -0.497 e. The summed E-state index contributed by atoms with van der Waals surface area (Å²) >= 11 is 0. The van der Waals surface area contributed by atoms with Gasteiger partial charge in [0.05, 0.1) is 44.4 Å². The van der Waals surface area contributed by atoms with E-state index < -0.39 is 11.2 Å². The van der Waals surface area contributed by atoms with Crippen LogP contribution in [-0.2, 0) is 6.54 Å². The summed E-state index contributed by atoms with van der Waals surface area (Å²) < 4.78 is 17.3. The summed E-state index contributed by atoms with van der Waals surface area (Å²) in [7, 11) is 4.51. The second-order valence-electron chi connectivity index (χ2n) is 7.87. The van der Waals surface area contributed by atoms with Gasteiger partial charge >= 0.3 is 0 Å². The molecule has 0 amide bonds. The lowest BCUT2D eigenvalue weighted by atomic mass is 10.0. The van der Waals surface area contributed by atoms with Crippen molar-refractivity contribution in [2.24, 2.45) is 0 Å². The Morgan fingerprint density at radius 2 is 1.54 bits per heavy atom. The van der Waals surface area contributed by atoms with E-state index in [0.29, 0.717) is 39.7 Å². The topological polar surface area (TPSA) is 96.7 Å². The van der Waals surface area contributed by atoms with Gasteiger partial charge in [-0.3, -0.25) is 14.4 Å². The monoisotopic (exact) mass is 472 g/mol. The predicted molar refractivity (Wildman–Crippen MR) is 131 cm³/mol. The number of aromatic nitrogens is 2. The Kier molecular flexibility index (Phi) is 6.64. The zero-order valence-corrected chi connectivity index (χ0v) is 19.8. The largest absolute Gasteiger partial charge is 0.497 e. The number of Topliss-reactive ketones (excluding diaryl/α,β-unsaturated/α-hetero) is 1. The van der Waals surface area contributed by atoms with E-state index in [1.807, 2.05) is 0 Å². The summed E-state index contributed by atoms with van der Waals surface area (Å²) in [6.45, 7) is 1.62. The number of hydrogen-bond donors (Lipinski definition) is 0. The maximum Gasteiger partial charge on any atom is 0.202 e. The number of hydrogen-bond acceptors (Lipinski definition) is 7. The molecule has 0 fully saturated rings. The van der Waals surface area contributed by atoms with E-state index in [9.17, 15) is 14.4 Å². The molecule has 178 valence electrons. The molecular weight excluding hydrogens is 448 g/mol. The fourth-order valence-electron chi connectivity index (χ4n) is 3.81. The van der Waals surface area contributed by atoms with E-state index in [-0.39, 0.29) is 23.3 Å². The van der Waals surface area contributed by atoms with Crippen LogP contribution in [0.1, 0.15) is 32.0 Å². The second-order valence-corrected chi connectivity index (χ2v) is 7.87. The van der Waals surface area contributed by atoms with E-state index in [1.165, 1.54) is 32.1 Å². The number of aryl methyl sites for hydroxylation is 1. The number of carbonyl (C=O) groups excluding carboxylic acids is 2. The Balaban J connectivity index is 1.83. The van der Waals surface area contributed by atoms with Crippen molar-refractivity contribution >= 4 is 22.6 Å². The van der Waals surface area contributed by atoms with Gasteiger partial charge in [0, 0.05) is 17.5 Å². The van der Waals surface area contributed by atoms with Crippen molar-refractivity contribution in [1.82, 2.24) is 9.55 Å². The number of pyridine rings is 2. The van der Waals surface area contributed by atoms with Gasteiger partial charge < -0.3 is 18.8 Å². The van der Waals surface area contributed by atoms with Crippen LogP contribution in [-0.4, -0.2) is 42.4 Å². The number of methoxy groups -OCH3 is 3. The molecule has 8 nitrogen and oxygen atoms in total. The van der Waals surface area contributed by atoms with Crippen LogP contribution in [0.15, 0.2) is 65.6 Å². The molecule has 0 unspecified atom stereocenters. The quantitative estimate of drug-likeness (QED) is 0.360. The molecule has 0 atom stereocenters. The highest BCUT2D eigenvalue weighted by molar-refractivity contribution is 6.10. The van der Waals surface area contributed by atoms with E-state index in [0.717, 1.165) is 0 Å². The minimum atomic E-state index is -0.458. The Hall–Kier alpha value is -4.46. The van der Waals surface area contributed by atoms with E-state index in [2.05, 4.69) is 4.98 Å². The molecule has 0 saturated carbocycles. The molecule has 0 saturated heterocycles. The van der Waals surface area contributed by atoms with Crippen LogP contribution in [0.5, 0.6) is 17.2 Å². The van der Waals surface area contributed by atoms with Crippen LogP contribution in [0.2, 0.25) is 0 Å². The number of fused-ring (bicyclic) bond motifs is 1. The molecule has 4 aromatic rings. The van der Waals surface area contributed by atoms with Gasteiger partial charge in [0.1, 0.15) is 22.9 Å². The highest BCUT2D eigenvalue weighted by Gasteiger charge is 2.21. The van der Waals surface area contributed by atoms with Crippen LogP contribution in [0.4, 0.5) is 0 Å². The first kappa shape index (κ1) is 23.7. The zero-order valence-electron chi connectivity index (χ0n) is 19.8. The van der Waals surface area contributed by atoms with Crippen molar-refractivity contribution in [3.63, 3.8) is 0 Å². The Labute approximate surface area is 201 Å². The maximum absolute atomic E-state index is 13.3. The molecule has 2 aromatic carbocycles. The van der Waals surface area contributed by atoms with Crippen molar-refractivity contribution in [2.45, 2.75) is 13.5 Å². The lowest BCUT2D eigenvalue weighted by Gasteiger charge is -2.14. The first-order valence-corrected chi connectivity index (χ1v) is 10.8. The molecule has 0 N–H and O–H groups in total. The van der Waals surface area contributed by atoms with Gasteiger partial charge in [0.2, 0.25) is 5.43 Å². The standard InChI is InChI=1S/C27H24N2O6/c1-16-5-11-20-26(32)22(25(31)17-6-8-18(33-2)9-7-17)14-29(27(20)28-16)15-23(30)21-13-19(34-3)10-12-24(21)35-4/h5-14H,15H2,1-4H3. The smallest absolute Gasteiger partial charge is 0.202 e. The molecule has 0 aliphatic carbocycles. The fraction of sp³-hybridized carbons (Fsp3) is 0.185. The van der Waals surface area contributed by atoms with Crippen LogP contribution in [0.3, 0.4) is 0 Å². The van der Waals surface area contributed by atoms with Crippen molar-refractivity contribution in [2.75, 3.05) is 21.3 Å². The first-order chi connectivity index (χ1) is 16.9. The lowest BCUT2D eigenvalue weighted by molar-refractivity contribution is 0.0966. The molecule has 35 heavy (non-hydrogen) atoms. The molecule has 0 bridgehead atoms. The van der Waals surface area contributed by atoms with Gasteiger partial charge in [0.25, 0.3) is 0 Å². The third-order valence-corrected chi connectivity index (χ3v) is 5.68. The Morgan fingerprint density at radius 1 is 0.857 bits per heavy atom. The molecule has 8 heteroatoms. The fourth-order valence-corrected chi connectivity index (χ4v) is 3.81. The average molecular weight is 472 g/mol. The van der Waals surface area contributed by atoms with Crippen molar-refractivity contribution in [3.8, 4) is 17.2 Å². The number of nitrogens with zero attached hydrogens (tertiary/aromatic N) is 2. The maximum atomic E-state index is 13.3. The number of rotatable bonds is 8. The molecule has 0 aliphatic rings. The van der Waals surface area contributed by atoms with Crippen LogP contribution in [0.25, 0.3) is 11.0 Å². The molecule has 2 aromatic heterocycles. The lowest BCUT2D eigenvalue weighted by Crippen LogP contribution is -2.22. The van der Waals surface area contributed by atoms with Gasteiger partial charge in [-0.2, -0.15) is 0 Å². The summed E-state index contributed by atoms with van der Waals surface area (Å²) in [6, 6.07) is 14.7. The Morgan fingerprint density at radius 3 is 2.20 bits per heavy atom. The van der Waals surface area contributed by atoms with Crippen LogP contribution in [0, 0.1) is 6.92 Å². The molecular formula is C27H24N2O6. The van der Waals surface area contributed by atoms with E-state index in [1.54, 1.807) is 61.5 Å². The summed E-state index contributed by atoms with van der Waals surface area (Å²) in [4.78, 5) is 44.3. The molecule has 2 heterocycles. The third-order valence-electron chi connectivity index (χ3n) is 5.68. The summed E-state index contributed by atoms with van der Waals surface area (Å²) in [5.74, 6) is 0.732. The zero-order chi connectivity index (χ0) is 25.1. The summed E-state index contributed by atoms with van der Waals surface area (Å²) in [5, 5.41) is 0.250. The molecule has 0 radical (unpaired) electrons. The van der Waals surface area contributed by atoms with E-state index in [4.69, 9.17) is 14.2 Å². The first-order valence-electron chi connectivity index (χ1n) is 10.8. The summed E-state index contributed by atoms with van der Waals surface area (Å²) in [6.07, 6.45) is 1.40. The van der Waals surface area contributed by atoms with Crippen LogP contribution >= 0.6 is 0 Å². The minimum absolute atomic E-state index is 0.0567. The van der Waals surface area contributed by atoms with Gasteiger partial charge in [-0.1, -0.05) is 0 Å². The number of benzene rings is 2. The van der Waals surface area contributed by atoms with Gasteiger partial charge in [-0.25, -0.2) is 4.98 Å². The summed E-state index contributed by atoms with van der Waals surface area (Å²) in [5.41, 5.74) is 1.13.